The van der Waals surface area contributed by atoms with Crippen molar-refractivity contribution in [3.8, 4) is 0 Å². The molecule has 7 nitrogen and oxygen atoms in total. The quantitative estimate of drug-likeness (QED) is 0.846. The van der Waals surface area contributed by atoms with Gasteiger partial charge in [0.05, 0.1) is 12.6 Å². The van der Waals surface area contributed by atoms with Gasteiger partial charge >= 0.3 is 0 Å². The molecule has 3 fully saturated rings. The molecule has 3 aliphatic rings. The van der Waals surface area contributed by atoms with E-state index in [4.69, 9.17) is 0 Å². The molecule has 3 aliphatic heterocycles. The molecule has 142 valence electrons. The second-order valence-electron chi connectivity index (χ2n) is 7.94. The van der Waals surface area contributed by atoms with Crippen LogP contribution in [0.2, 0.25) is 0 Å². The maximum atomic E-state index is 12.7. The Balaban J connectivity index is 1.39. The van der Waals surface area contributed by atoms with Crippen LogP contribution in [0.25, 0.3) is 0 Å². The van der Waals surface area contributed by atoms with Crippen molar-refractivity contribution in [2.24, 2.45) is 11.8 Å². The lowest BCUT2D eigenvalue weighted by molar-refractivity contribution is -0.158. The summed E-state index contributed by atoms with van der Waals surface area (Å²) in [4.78, 5) is 29.1. The van der Waals surface area contributed by atoms with Crippen LogP contribution in [-0.4, -0.2) is 68.3 Å². The zero-order chi connectivity index (χ0) is 18.1. The van der Waals surface area contributed by atoms with Crippen molar-refractivity contribution in [3.05, 3.63) is 18.5 Å². The highest BCUT2D eigenvalue weighted by molar-refractivity contribution is 5.78. The number of amides is 2. The predicted molar refractivity (Wildman–Crippen MR) is 95.0 cm³/mol. The van der Waals surface area contributed by atoms with Gasteiger partial charge in [-0.25, -0.2) is 0 Å². The average Bonchev–Trinajstić information content (AvgIpc) is 3.16. The molecule has 1 aromatic heterocycles. The third-order valence-electron chi connectivity index (χ3n) is 6.37. The molecule has 7 heteroatoms. The number of carbonyl (C=O) groups is 2. The largest absolute Gasteiger partial charge is 0.394 e. The molecule has 0 aliphatic carbocycles. The van der Waals surface area contributed by atoms with Gasteiger partial charge in [-0.05, 0) is 43.6 Å². The summed E-state index contributed by atoms with van der Waals surface area (Å²) >= 11 is 0. The summed E-state index contributed by atoms with van der Waals surface area (Å²) in [5.41, 5.74) is 0. The van der Waals surface area contributed by atoms with Gasteiger partial charge in [0.1, 0.15) is 0 Å². The van der Waals surface area contributed by atoms with Gasteiger partial charge in [-0.15, -0.1) is 0 Å². The number of nitrogens with zero attached hydrogens (tertiary/aromatic N) is 4. The van der Waals surface area contributed by atoms with E-state index in [9.17, 15) is 14.7 Å². The summed E-state index contributed by atoms with van der Waals surface area (Å²) in [6.45, 7) is 2.17. The zero-order valence-corrected chi connectivity index (χ0v) is 15.2. The lowest BCUT2D eigenvalue weighted by Crippen LogP contribution is -2.66. The summed E-state index contributed by atoms with van der Waals surface area (Å²) in [6.07, 6.45) is 8.52. The van der Waals surface area contributed by atoms with Crippen molar-refractivity contribution in [2.75, 3.05) is 19.7 Å². The van der Waals surface area contributed by atoms with E-state index in [-0.39, 0.29) is 36.4 Å². The molecule has 4 rings (SSSR count). The molecule has 26 heavy (non-hydrogen) atoms. The minimum absolute atomic E-state index is 0.000948. The average molecular weight is 360 g/mol. The van der Waals surface area contributed by atoms with Gasteiger partial charge < -0.3 is 14.9 Å². The van der Waals surface area contributed by atoms with Crippen LogP contribution in [0.1, 0.15) is 38.5 Å². The number of hydrogen-bond donors (Lipinski definition) is 1. The standard InChI is InChI=1S/C19H28N4O3/c24-13-17-15-10-14(16-4-1-5-19(26)23(16)17)11-21(12-15)18(25)6-2-8-22-9-3-7-20-22/h3,7,9,14-17,24H,1-2,4-6,8,10-13H2/t14-,15+,16+,17+/m1/s1. The Morgan fingerprint density at radius 3 is 2.92 bits per heavy atom. The SMILES string of the molecule is O=C(CCCn1cccn1)N1C[C@H]2C[C@@H](C1)[C@H](CO)N1C(=O)CCC[C@@H]21. The minimum atomic E-state index is -0.122. The number of hydrogen-bond acceptors (Lipinski definition) is 4. The summed E-state index contributed by atoms with van der Waals surface area (Å²) < 4.78 is 1.85. The Bertz CT molecular complexity index is 633. The lowest BCUT2D eigenvalue weighted by Gasteiger charge is -2.56. The van der Waals surface area contributed by atoms with Crippen molar-refractivity contribution in [2.45, 2.75) is 57.2 Å². The van der Waals surface area contributed by atoms with E-state index in [1.807, 2.05) is 26.7 Å². The molecule has 2 bridgehead atoms. The normalized spacial score (nSPS) is 31.0. The number of likely N-dealkylation sites (tertiary alicyclic amines) is 1. The number of aliphatic hydroxyl groups is 1. The van der Waals surface area contributed by atoms with Crippen LogP contribution < -0.4 is 0 Å². The van der Waals surface area contributed by atoms with Gasteiger partial charge in [0.2, 0.25) is 11.8 Å². The number of aliphatic hydroxyl groups excluding tert-OH is 1. The molecule has 2 amide bonds. The van der Waals surface area contributed by atoms with E-state index < -0.39 is 0 Å². The number of fused-ring (bicyclic) bond motifs is 4. The van der Waals surface area contributed by atoms with E-state index in [2.05, 4.69) is 5.10 Å². The molecule has 0 aromatic carbocycles. The smallest absolute Gasteiger partial charge is 0.223 e. The van der Waals surface area contributed by atoms with Crippen LogP contribution in [0.4, 0.5) is 0 Å². The molecule has 1 N–H and O–H groups in total. The Hall–Kier alpha value is -1.89. The molecule has 3 saturated heterocycles. The van der Waals surface area contributed by atoms with Crippen molar-refractivity contribution in [3.63, 3.8) is 0 Å². The Morgan fingerprint density at radius 2 is 2.15 bits per heavy atom. The van der Waals surface area contributed by atoms with Crippen molar-refractivity contribution in [1.29, 1.82) is 0 Å². The summed E-state index contributed by atoms with van der Waals surface area (Å²) in [6, 6.07) is 1.97. The number of piperidine rings is 3. The highest BCUT2D eigenvalue weighted by Crippen LogP contribution is 2.41. The molecule has 0 spiro atoms. The van der Waals surface area contributed by atoms with Gasteiger partial charge in [0.25, 0.3) is 0 Å². The maximum Gasteiger partial charge on any atom is 0.223 e. The Labute approximate surface area is 153 Å². The molecular formula is C19H28N4O3. The first-order valence-corrected chi connectivity index (χ1v) is 9.84. The molecule has 4 atom stereocenters. The van der Waals surface area contributed by atoms with E-state index in [0.29, 0.717) is 25.3 Å². The monoisotopic (exact) mass is 360 g/mol. The van der Waals surface area contributed by atoms with Crippen LogP contribution >= 0.6 is 0 Å². The third kappa shape index (κ3) is 3.24. The fourth-order valence-electron chi connectivity index (χ4n) is 5.20. The molecular weight excluding hydrogens is 332 g/mol. The molecule has 0 unspecified atom stereocenters. The number of rotatable bonds is 5. The summed E-state index contributed by atoms with van der Waals surface area (Å²) in [7, 11) is 0. The van der Waals surface area contributed by atoms with Gasteiger partial charge in [-0.3, -0.25) is 14.3 Å². The van der Waals surface area contributed by atoms with E-state index in [1.165, 1.54) is 0 Å². The van der Waals surface area contributed by atoms with Crippen LogP contribution in [-0.2, 0) is 16.1 Å². The molecule has 0 radical (unpaired) electrons. The van der Waals surface area contributed by atoms with Gasteiger partial charge in [0, 0.05) is 50.9 Å². The third-order valence-corrected chi connectivity index (χ3v) is 6.37. The minimum Gasteiger partial charge on any atom is -0.394 e. The highest BCUT2D eigenvalue weighted by Gasteiger charge is 2.49. The van der Waals surface area contributed by atoms with E-state index >= 15 is 0 Å². The second kappa shape index (κ2) is 7.39. The number of aromatic nitrogens is 2. The Kier molecular flexibility index (Phi) is 4.98. The van der Waals surface area contributed by atoms with E-state index in [0.717, 1.165) is 38.8 Å². The van der Waals surface area contributed by atoms with Crippen molar-refractivity contribution in [1.82, 2.24) is 19.6 Å². The van der Waals surface area contributed by atoms with Gasteiger partial charge in [-0.1, -0.05) is 0 Å². The van der Waals surface area contributed by atoms with E-state index in [1.54, 1.807) is 6.20 Å². The van der Waals surface area contributed by atoms with Gasteiger partial charge in [-0.2, -0.15) is 5.10 Å². The van der Waals surface area contributed by atoms with Crippen LogP contribution in [0.5, 0.6) is 0 Å². The number of carbonyl (C=O) groups excluding carboxylic acids is 2. The first-order chi connectivity index (χ1) is 12.7. The second-order valence-corrected chi connectivity index (χ2v) is 7.94. The number of aryl methyl sites for hydroxylation is 1. The maximum absolute atomic E-state index is 12.7. The molecule has 4 heterocycles. The van der Waals surface area contributed by atoms with Crippen LogP contribution in [0, 0.1) is 11.8 Å². The first-order valence-electron chi connectivity index (χ1n) is 9.84. The van der Waals surface area contributed by atoms with Gasteiger partial charge in [0.15, 0.2) is 0 Å². The fourth-order valence-corrected chi connectivity index (χ4v) is 5.20. The fraction of sp³-hybridized carbons (Fsp3) is 0.737. The predicted octanol–water partition coefficient (Wildman–Crippen LogP) is 0.884. The zero-order valence-electron chi connectivity index (χ0n) is 15.2. The highest BCUT2D eigenvalue weighted by atomic mass is 16.3. The topological polar surface area (TPSA) is 78.7 Å². The Morgan fingerprint density at radius 1 is 1.31 bits per heavy atom. The van der Waals surface area contributed by atoms with Crippen LogP contribution in [0.3, 0.4) is 0 Å². The molecule has 1 aromatic rings. The van der Waals surface area contributed by atoms with Crippen LogP contribution in [0.15, 0.2) is 18.5 Å². The first kappa shape index (κ1) is 17.5. The van der Waals surface area contributed by atoms with Crippen molar-refractivity contribution < 1.29 is 14.7 Å². The summed E-state index contributed by atoms with van der Waals surface area (Å²) in [5, 5.41) is 14.1. The van der Waals surface area contributed by atoms with Crippen molar-refractivity contribution >= 4 is 11.8 Å². The molecule has 0 saturated carbocycles. The lowest BCUT2D eigenvalue weighted by atomic mass is 9.72. The summed E-state index contributed by atoms with van der Waals surface area (Å²) in [5.74, 6) is 0.941.